The van der Waals surface area contributed by atoms with Crippen LogP contribution in [-0.2, 0) is 16.4 Å². The molecule has 0 atom stereocenters. The molecule has 1 fully saturated rings. The Morgan fingerprint density at radius 2 is 2.04 bits per heavy atom. The highest BCUT2D eigenvalue weighted by Gasteiger charge is 2.21. The molecule has 1 aliphatic heterocycles. The minimum Gasteiger partial charge on any atom is -0.351 e. The van der Waals surface area contributed by atoms with Gasteiger partial charge in [0.25, 0.3) is 0 Å². The second-order valence-electron chi connectivity index (χ2n) is 6.85. The predicted molar refractivity (Wildman–Crippen MR) is 103 cm³/mol. The van der Waals surface area contributed by atoms with Gasteiger partial charge in [-0.1, -0.05) is 17.7 Å². The highest BCUT2D eigenvalue weighted by atomic mass is 35.5. The van der Waals surface area contributed by atoms with E-state index in [0.717, 1.165) is 31.5 Å². The molecule has 1 aromatic heterocycles. The van der Waals surface area contributed by atoms with Gasteiger partial charge < -0.3 is 5.32 Å². The van der Waals surface area contributed by atoms with Crippen LogP contribution < -0.4 is 5.32 Å². The van der Waals surface area contributed by atoms with Crippen LogP contribution in [-0.4, -0.2) is 48.7 Å². The Labute approximate surface area is 163 Å². The number of aromatic nitrogens is 2. The van der Waals surface area contributed by atoms with Crippen molar-refractivity contribution in [2.45, 2.75) is 37.2 Å². The molecular weight excluding hydrogens is 391 g/mol. The van der Waals surface area contributed by atoms with E-state index in [0.29, 0.717) is 23.2 Å². The first-order valence-electron chi connectivity index (χ1n) is 8.69. The number of benzene rings is 1. The lowest BCUT2D eigenvalue weighted by molar-refractivity contribution is 0.211. The molecule has 3 rings (SSSR count). The topological polar surface area (TPSA) is 75.2 Å². The van der Waals surface area contributed by atoms with E-state index in [1.165, 1.54) is 18.5 Å². The zero-order valence-electron chi connectivity index (χ0n) is 15.2. The van der Waals surface area contributed by atoms with E-state index in [1.807, 2.05) is 0 Å². The molecule has 2 heterocycles. The summed E-state index contributed by atoms with van der Waals surface area (Å²) in [6.07, 6.45) is 4.15. The Balaban J connectivity index is 1.56. The van der Waals surface area contributed by atoms with Crippen LogP contribution in [0, 0.1) is 12.7 Å². The smallest absolute Gasteiger partial charge is 0.223 e. The fourth-order valence-corrected chi connectivity index (χ4v) is 4.02. The molecule has 1 saturated heterocycles. The number of piperidine rings is 1. The number of anilines is 1. The number of sulfone groups is 1. The highest BCUT2D eigenvalue weighted by molar-refractivity contribution is 7.90. The predicted octanol–water partition coefficient (Wildman–Crippen LogP) is 3.06. The molecule has 2 aromatic rings. The Bertz CT molecular complexity index is 931. The highest BCUT2D eigenvalue weighted by Crippen LogP contribution is 2.24. The van der Waals surface area contributed by atoms with Crippen LogP contribution in [0.4, 0.5) is 10.3 Å². The molecule has 1 N–H and O–H groups in total. The molecule has 1 aliphatic rings. The molecule has 9 heteroatoms. The van der Waals surface area contributed by atoms with Crippen LogP contribution in [0.25, 0.3) is 0 Å². The van der Waals surface area contributed by atoms with Gasteiger partial charge in [-0.15, -0.1) is 0 Å². The van der Waals surface area contributed by atoms with Crippen LogP contribution in [0.5, 0.6) is 0 Å². The van der Waals surface area contributed by atoms with Crippen molar-refractivity contribution in [3.05, 3.63) is 46.5 Å². The van der Waals surface area contributed by atoms with E-state index in [9.17, 15) is 12.8 Å². The third-order valence-electron chi connectivity index (χ3n) is 4.69. The van der Waals surface area contributed by atoms with Gasteiger partial charge in [0, 0.05) is 37.0 Å². The lowest BCUT2D eigenvalue weighted by Gasteiger charge is -2.32. The summed E-state index contributed by atoms with van der Waals surface area (Å²) in [6, 6.07) is 5.11. The molecule has 6 nitrogen and oxygen atoms in total. The van der Waals surface area contributed by atoms with Crippen molar-refractivity contribution in [1.29, 1.82) is 0 Å². The number of nitrogens with one attached hydrogen (secondary N) is 1. The summed E-state index contributed by atoms with van der Waals surface area (Å²) in [5.74, 6) is 0.0425. The van der Waals surface area contributed by atoms with Gasteiger partial charge in [-0.05, 0) is 37.5 Å². The minimum absolute atomic E-state index is 0.230. The number of hydrogen-bond acceptors (Lipinski definition) is 6. The molecule has 0 unspecified atom stereocenters. The fraction of sp³-hybridized carbons (Fsp3) is 0.444. The third-order valence-corrected chi connectivity index (χ3v) is 6.15. The molecule has 0 saturated carbocycles. The summed E-state index contributed by atoms with van der Waals surface area (Å²) in [5, 5.41) is 3.73. The third kappa shape index (κ3) is 5.15. The zero-order chi connectivity index (χ0) is 19.6. The molecule has 146 valence electrons. The van der Waals surface area contributed by atoms with Crippen molar-refractivity contribution in [1.82, 2.24) is 14.9 Å². The van der Waals surface area contributed by atoms with Gasteiger partial charge >= 0.3 is 0 Å². The van der Waals surface area contributed by atoms with E-state index >= 15 is 0 Å². The Morgan fingerprint density at radius 1 is 1.33 bits per heavy atom. The van der Waals surface area contributed by atoms with Crippen molar-refractivity contribution >= 4 is 27.4 Å². The standard InChI is InChI=1S/C18H22ClFN4O2S/c1-12-17(20)10-21-18(22-12)23-14-5-7-24(8-6-14)11-13-3-4-15(9-16(13)19)27(2,25)26/h3-4,9-10,14H,5-8,11H2,1-2H3,(H,21,22,23). The summed E-state index contributed by atoms with van der Waals surface area (Å²) in [7, 11) is -3.26. The van der Waals surface area contributed by atoms with Crippen molar-refractivity contribution in [3.63, 3.8) is 0 Å². The summed E-state index contributed by atoms with van der Waals surface area (Å²) >= 11 is 6.27. The van der Waals surface area contributed by atoms with E-state index < -0.39 is 15.7 Å². The van der Waals surface area contributed by atoms with Gasteiger partial charge in [-0.3, -0.25) is 4.90 Å². The average Bonchev–Trinajstić information content (AvgIpc) is 2.61. The number of nitrogens with zero attached hydrogens (tertiary/aromatic N) is 3. The van der Waals surface area contributed by atoms with Gasteiger partial charge in [-0.2, -0.15) is 0 Å². The van der Waals surface area contributed by atoms with E-state index in [1.54, 1.807) is 19.1 Å². The number of aryl methyl sites for hydroxylation is 1. The summed E-state index contributed by atoms with van der Waals surface area (Å²) < 4.78 is 36.5. The molecular formula is C18H22ClFN4O2S. The van der Waals surface area contributed by atoms with Gasteiger partial charge in [-0.25, -0.2) is 22.8 Å². The van der Waals surface area contributed by atoms with Gasteiger partial charge in [0.15, 0.2) is 15.7 Å². The van der Waals surface area contributed by atoms with Crippen LogP contribution in [0.3, 0.4) is 0 Å². The van der Waals surface area contributed by atoms with Crippen LogP contribution in [0.2, 0.25) is 5.02 Å². The maximum absolute atomic E-state index is 13.3. The maximum Gasteiger partial charge on any atom is 0.223 e. The zero-order valence-corrected chi connectivity index (χ0v) is 16.8. The first-order valence-corrected chi connectivity index (χ1v) is 11.0. The first kappa shape index (κ1) is 20.0. The molecule has 1 aromatic carbocycles. The van der Waals surface area contributed by atoms with Crippen molar-refractivity contribution in [3.8, 4) is 0 Å². The van der Waals surface area contributed by atoms with Gasteiger partial charge in [0.2, 0.25) is 5.95 Å². The summed E-state index contributed by atoms with van der Waals surface area (Å²) in [5.41, 5.74) is 1.24. The van der Waals surface area contributed by atoms with Crippen molar-refractivity contribution < 1.29 is 12.8 Å². The van der Waals surface area contributed by atoms with E-state index in [2.05, 4.69) is 20.2 Å². The number of likely N-dealkylation sites (tertiary alicyclic amines) is 1. The molecule has 0 spiro atoms. The lowest BCUT2D eigenvalue weighted by Crippen LogP contribution is -2.39. The second kappa shape index (κ2) is 8.08. The normalized spacial score (nSPS) is 16.4. The molecule has 0 radical (unpaired) electrons. The summed E-state index contributed by atoms with van der Waals surface area (Å²) in [4.78, 5) is 10.6. The molecule has 27 heavy (non-hydrogen) atoms. The fourth-order valence-electron chi connectivity index (χ4n) is 3.07. The van der Waals surface area contributed by atoms with Gasteiger partial charge in [0.05, 0.1) is 16.8 Å². The monoisotopic (exact) mass is 412 g/mol. The minimum atomic E-state index is -3.26. The number of hydrogen-bond donors (Lipinski definition) is 1. The first-order chi connectivity index (χ1) is 12.7. The van der Waals surface area contributed by atoms with Crippen molar-refractivity contribution in [2.75, 3.05) is 24.7 Å². The number of halogens is 2. The molecule has 0 amide bonds. The average molecular weight is 413 g/mol. The lowest BCUT2D eigenvalue weighted by atomic mass is 10.0. The van der Waals surface area contributed by atoms with Crippen LogP contribution in [0.1, 0.15) is 24.1 Å². The SMILES string of the molecule is Cc1nc(NC2CCN(Cc3ccc(S(C)(=O)=O)cc3Cl)CC2)ncc1F. The van der Waals surface area contributed by atoms with E-state index in [4.69, 9.17) is 11.6 Å². The van der Waals surface area contributed by atoms with Crippen molar-refractivity contribution in [2.24, 2.45) is 0 Å². The van der Waals surface area contributed by atoms with Crippen LogP contribution >= 0.6 is 11.6 Å². The maximum atomic E-state index is 13.3. The number of rotatable bonds is 5. The Hall–Kier alpha value is -1.77. The van der Waals surface area contributed by atoms with Gasteiger partial charge in [0.1, 0.15) is 0 Å². The second-order valence-corrected chi connectivity index (χ2v) is 9.27. The van der Waals surface area contributed by atoms with E-state index in [-0.39, 0.29) is 10.9 Å². The Kier molecular flexibility index (Phi) is 5.98. The molecule has 0 aliphatic carbocycles. The van der Waals surface area contributed by atoms with Crippen LogP contribution in [0.15, 0.2) is 29.3 Å². The largest absolute Gasteiger partial charge is 0.351 e. The Morgan fingerprint density at radius 3 is 2.63 bits per heavy atom. The molecule has 0 bridgehead atoms. The quantitative estimate of drug-likeness (QED) is 0.813. The summed E-state index contributed by atoms with van der Waals surface area (Å²) in [6.45, 7) is 4.01.